The van der Waals surface area contributed by atoms with E-state index in [1.807, 2.05) is 30.3 Å². The summed E-state index contributed by atoms with van der Waals surface area (Å²) < 4.78 is 32.0. The van der Waals surface area contributed by atoms with E-state index in [0.29, 0.717) is 6.54 Å². The molecule has 2 aromatic carbocycles. The quantitative estimate of drug-likeness (QED) is 0.598. The molecule has 0 radical (unpaired) electrons. The normalized spacial score (nSPS) is 11.5. The summed E-state index contributed by atoms with van der Waals surface area (Å²) in [7, 11) is -4.03. The predicted molar refractivity (Wildman–Crippen MR) is 118 cm³/mol. The van der Waals surface area contributed by atoms with E-state index in [-0.39, 0.29) is 12.3 Å². The Morgan fingerprint density at radius 2 is 1.50 bits per heavy atom. The van der Waals surface area contributed by atoms with Crippen molar-refractivity contribution in [1.29, 1.82) is 0 Å². The molecule has 0 saturated carbocycles. The van der Waals surface area contributed by atoms with E-state index >= 15 is 0 Å². The summed E-state index contributed by atoms with van der Waals surface area (Å²) in [6, 6.07) is 14.2. The lowest BCUT2D eigenvalue weighted by atomic mass is 9.99. The largest absolute Gasteiger partial charge is 0.372 e. The summed E-state index contributed by atoms with van der Waals surface area (Å²) in [5.41, 5.74) is 5.80. The zero-order chi connectivity index (χ0) is 20.7. The lowest BCUT2D eigenvalue weighted by Crippen LogP contribution is -2.30. The number of hydrogen-bond acceptors (Lipinski definition) is 4. The minimum absolute atomic E-state index is 0.241. The van der Waals surface area contributed by atoms with Crippen molar-refractivity contribution in [2.75, 3.05) is 35.2 Å². The molecule has 0 amide bonds. The van der Waals surface area contributed by atoms with Crippen molar-refractivity contribution in [2.45, 2.75) is 40.7 Å². The van der Waals surface area contributed by atoms with Crippen molar-refractivity contribution < 1.29 is 13.0 Å². The second kappa shape index (κ2) is 9.94. The summed E-state index contributed by atoms with van der Waals surface area (Å²) >= 11 is 0. The molecule has 1 N–H and O–H groups in total. The average Bonchev–Trinajstić information content (AvgIpc) is 2.67. The molecule has 2 aromatic rings. The number of anilines is 2. The predicted octanol–water partition coefficient (Wildman–Crippen LogP) is 4.30. The maximum atomic E-state index is 11.4. The molecule has 0 bridgehead atoms. The third kappa shape index (κ3) is 5.72. The summed E-state index contributed by atoms with van der Waals surface area (Å²) in [5, 5.41) is 0. The first-order valence-corrected chi connectivity index (χ1v) is 11.5. The maximum absolute atomic E-state index is 11.4. The highest BCUT2D eigenvalue weighted by Gasteiger charge is 2.18. The highest BCUT2D eigenvalue weighted by Crippen LogP contribution is 2.32. The van der Waals surface area contributed by atoms with Crippen molar-refractivity contribution in [3.05, 3.63) is 59.2 Å². The van der Waals surface area contributed by atoms with Gasteiger partial charge in [0.15, 0.2) is 0 Å². The molecule has 0 spiro atoms. The van der Waals surface area contributed by atoms with Crippen LogP contribution >= 0.6 is 0 Å². The van der Waals surface area contributed by atoms with Crippen LogP contribution in [0.2, 0.25) is 0 Å². The van der Waals surface area contributed by atoms with Crippen LogP contribution < -0.4 is 9.80 Å². The maximum Gasteiger partial charge on any atom is 0.266 e. The molecule has 0 heterocycles. The van der Waals surface area contributed by atoms with Gasteiger partial charge in [-0.05, 0) is 56.0 Å². The van der Waals surface area contributed by atoms with Gasteiger partial charge in [0.05, 0.1) is 5.75 Å². The number of hydrogen-bond donors (Lipinski definition) is 1. The summed E-state index contributed by atoms with van der Waals surface area (Å²) in [4.78, 5) is 4.39. The first-order valence-electron chi connectivity index (χ1n) is 9.92. The number of rotatable bonds is 10. The van der Waals surface area contributed by atoms with E-state index < -0.39 is 10.1 Å². The molecule has 6 heteroatoms. The minimum Gasteiger partial charge on any atom is -0.372 e. The topological polar surface area (TPSA) is 60.9 Å². The first kappa shape index (κ1) is 22.2. The fraction of sp³-hybridized carbons (Fsp3) is 0.455. The van der Waals surface area contributed by atoms with Crippen molar-refractivity contribution in [3.63, 3.8) is 0 Å². The molecule has 0 saturated heterocycles. The first-order chi connectivity index (χ1) is 13.3. The van der Waals surface area contributed by atoms with Crippen LogP contribution in [0.1, 0.15) is 37.5 Å². The standard InChI is InChI=1S/C22H32N2O3S/c1-5-20-18(4)21(23(6-2)7-3)13-14-22(20)24(15-16-28(25,26)27)17-19-11-9-8-10-12-19/h8-14H,5-7,15-17H2,1-4H3,(H,25,26,27). The SMILES string of the molecule is CCc1c(N(CCS(=O)(=O)O)Cc2ccccc2)ccc(N(CC)CC)c1C. The van der Waals surface area contributed by atoms with E-state index in [2.05, 4.69) is 49.6 Å². The van der Waals surface area contributed by atoms with Crippen molar-refractivity contribution in [1.82, 2.24) is 0 Å². The fourth-order valence-corrected chi connectivity index (χ4v) is 4.14. The van der Waals surface area contributed by atoms with Crippen molar-refractivity contribution in [2.24, 2.45) is 0 Å². The van der Waals surface area contributed by atoms with E-state index in [9.17, 15) is 13.0 Å². The Balaban J connectivity index is 2.47. The Morgan fingerprint density at radius 1 is 0.893 bits per heavy atom. The second-order valence-electron chi connectivity index (χ2n) is 6.93. The highest BCUT2D eigenvalue weighted by atomic mass is 32.2. The lowest BCUT2D eigenvalue weighted by molar-refractivity contribution is 0.482. The average molecular weight is 405 g/mol. The van der Waals surface area contributed by atoms with Gasteiger partial charge in [0.2, 0.25) is 0 Å². The molecule has 0 fully saturated rings. The minimum atomic E-state index is -4.03. The van der Waals surface area contributed by atoms with Gasteiger partial charge in [-0.3, -0.25) is 4.55 Å². The van der Waals surface area contributed by atoms with E-state index in [4.69, 9.17) is 0 Å². The van der Waals surface area contributed by atoms with Gasteiger partial charge >= 0.3 is 0 Å². The van der Waals surface area contributed by atoms with Gasteiger partial charge in [0.25, 0.3) is 10.1 Å². The molecular formula is C22H32N2O3S. The van der Waals surface area contributed by atoms with Crippen molar-refractivity contribution in [3.8, 4) is 0 Å². The van der Waals surface area contributed by atoms with Gasteiger partial charge in [-0.1, -0.05) is 37.3 Å². The molecule has 0 unspecified atom stereocenters. The molecule has 5 nitrogen and oxygen atoms in total. The van der Waals surface area contributed by atoms with Gasteiger partial charge in [0.1, 0.15) is 0 Å². The molecule has 0 aliphatic heterocycles. The number of nitrogens with zero attached hydrogens (tertiary/aromatic N) is 2. The van der Waals surface area contributed by atoms with Crippen LogP contribution in [0.3, 0.4) is 0 Å². The molecule has 28 heavy (non-hydrogen) atoms. The smallest absolute Gasteiger partial charge is 0.266 e. The fourth-order valence-electron chi connectivity index (χ4n) is 3.69. The zero-order valence-electron chi connectivity index (χ0n) is 17.4. The summed E-state index contributed by atoms with van der Waals surface area (Å²) in [5.74, 6) is -0.292. The Labute approximate surface area is 169 Å². The molecule has 0 atom stereocenters. The van der Waals surface area contributed by atoms with E-state index in [0.717, 1.165) is 30.8 Å². The summed E-state index contributed by atoms with van der Waals surface area (Å²) in [6.45, 7) is 11.3. The van der Waals surface area contributed by atoms with Gasteiger partial charge in [-0.15, -0.1) is 0 Å². The van der Waals surface area contributed by atoms with Crippen LogP contribution in [-0.2, 0) is 23.1 Å². The van der Waals surface area contributed by atoms with E-state index in [1.165, 1.54) is 16.8 Å². The van der Waals surface area contributed by atoms with Crippen LogP contribution in [0.5, 0.6) is 0 Å². The van der Waals surface area contributed by atoms with E-state index in [1.54, 1.807) is 0 Å². The van der Waals surface area contributed by atoms with Crippen LogP contribution in [0.25, 0.3) is 0 Å². The lowest BCUT2D eigenvalue weighted by Gasteiger charge is -2.31. The third-order valence-electron chi connectivity index (χ3n) is 5.18. The Kier molecular flexibility index (Phi) is 7.89. The Hall–Kier alpha value is -2.05. The Morgan fingerprint density at radius 3 is 2.04 bits per heavy atom. The summed E-state index contributed by atoms with van der Waals surface area (Å²) in [6.07, 6.45) is 0.855. The van der Waals surface area contributed by atoms with Crippen LogP contribution in [0.15, 0.2) is 42.5 Å². The second-order valence-corrected chi connectivity index (χ2v) is 8.50. The van der Waals surface area contributed by atoms with Crippen LogP contribution in [0, 0.1) is 6.92 Å². The van der Waals surface area contributed by atoms with Crippen molar-refractivity contribution >= 4 is 21.5 Å². The monoisotopic (exact) mass is 404 g/mol. The van der Waals surface area contributed by atoms with Gasteiger partial charge < -0.3 is 9.80 Å². The third-order valence-corrected chi connectivity index (χ3v) is 5.88. The number of benzene rings is 2. The van der Waals surface area contributed by atoms with Gasteiger partial charge in [0, 0.05) is 37.6 Å². The molecule has 154 valence electrons. The molecular weight excluding hydrogens is 372 g/mol. The molecule has 2 rings (SSSR count). The Bertz CT molecular complexity index is 863. The van der Waals surface area contributed by atoms with Gasteiger partial charge in [-0.2, -0.15) is 8.42 Å². The highest BCUT2D eigenvalue weighted by molar-refractivity contribution is 7.85. The van der Waals surface area contributed by atoms with Gasteiger partial charge in [-0.25, -0.2) is 0 Å². The molecule has 0 aliphatic rings. The molecule has 0 aromatic heterocycles. The molecule has 0 aliphatic carbocycles. The zero-order valence-corrected chi connectivity index (χ0v) is 18.2. The van der Waals surface area contributed by atoms with Crippen LogP contribution in [-0.4, -0.2) is 38.4 Å². The van der Waals surface area contributed by atoms with Crippen LogP contribution in [0.4, 0.5) is 11.4 Å².